The molecule has 0 rings (SSSR count). The first kappa shape index (κ1) is 9.80. The molecule has 0 aromatic carbocycles. The average Bonchev–Trinajstić information content (AvgIpc) is 1.90. The summed E-state index contributed by atoms with van der Waals surface area (Å²) < 4.78 is 0. The summed E-state index contributed by atoms with van der Waals surface area (Å²) in [5, 5.41) is 17.6. The van der Waals surface area contributed by atoms with E-state index >= 15 is 0 Å². The van der Waals surface area contributed by atoms with Crippen molar-refractivity contribution in [1.82, 2.24) is 5.23 Å². The second-order valence-corrected chi connectivity index (χ2v) is 1.57. The summed E-state index contributed by atoms with van der Waals surface area (Å²) >= 11 is 0. The van der Waals surface area contributed by atoms with Crippen molar-refractivity contribution in [3.05, 3.63) is 0 Å². The van der Waals surface area contributed by atoms with Gasteiger partial charge >= 0.3 is 0 Å². The third-order valence-electron chi connectivity index (χ3n) is 0.810. The number of nitrogens with zero attached hydrogens (tertiary/aromatic N) is 1. The van der Waals surface area contributed by atoms with Crippen LogP contribution in [0.15, 0.2) is 0 Å². The predicted octanol–water partition coefficient (Wildman–Crippen LogP) is -0.539. The van der Waals surface area contributed by atoms with Crippen molar-refractivity contribution >= 4 is 0 Å². The molecule has 10 heavy (non-hydrogen) atoms. The first-order valence-electron chi connectivity index (χ1n) is 3.10. The summed E-state index contributed by atoms with van der Waals surface area (Å²) in [7, 11) is 0. The van der Waals surface area contributed by atoms with Gasteiger partial charge in [-0.05, 0) is 6.42 Å². The van der Waals surface area contributed by atoms with Gasteiger partial charge in [0, 0.05) is 0 Å². The highest BCUT2D eigenvalue weighted by Gasteiger charge is 2.01. The molecule has 0 unspecified atom stereocenters. The van der Waals surface area contributed by atoms with Crippen LogP contribution in [0.4, 0.5) is 0 Å². The van der Waals surface area contributed by atoms with Crippen LogP contribution in [0, 0.1) is 0 Å². The fourth-order valence-electron chi connectivity index (χ4n) is 0.478. The summed E-state index contributed by atoms with van der Waals surface area (Å²) in [5.41, 5.74) is 0. The van der Waals surface area contributed by atoms with Crippen molar-refractivity contribution in [3.63, 3.8) is 0 Å². The number of hydrogen-bond donors (Lipinski definition) is 2. The number of hydrogen-bond acceptors (Lipinski definition) is 5. The molecule has 62 valence electrons. The van der Waals surface area contributed by atoms with E-state index in [0.29, 0.717) is 6.54 Å². The molecule has 0 saturated carbocycles. The molecule has 0 heterocycles. The van der Waals surface area contributed by atoms with E-state index in [1.165, 1.54) is 0 Å². The molecule has 5 heteroatoms. The highest BCUT2D eigenvalue weighted by molar-refractivity contribution is 4.25. The summed E-state index contributed by atoms with van der Waals surface area (Å²) in [4.78, 5) is 9.06. The maximum Gasteiger partial charge on any atom is 0.166 e. The molecule has 0 atom stereocenters. The van der Waals surface area contributed by atoms with Gasteiger partial charge in [0.15, 0.2) is 13.6 Å². The van der Waals surface area contributed by atoms with E-state index < -0.39 is 13.6 Å². The van der Waals surface area contributed by atoms with Crippen LogP contribution in [0.25, 0.3) is 0 Å². The fraction of sp³-hybridized carbons (Fsp3) is 1.00. The number of hydroxylamine groups is 2. The van der Waals surface area contributed by atoms with Gasteiger partial charge in [-0.2, -0.15) is 0 Å². The third-order valence-corrected chi connectivity index (χ3v) is 0.810. The molecule has 5 nitrogen and oxygen atoms in total. The molecule has 0 saturated heterocycles. The summed E-state index contributed by atoms with van der Waals surface area (Å²) in [6.45, 7) is 1.55. The maximum atomic E-state index is 8.26. The largest absolute Gasteiger partial charge is 0.369 e. The number of aliphatic hydroxyl groups is 2. The monoisotopic (exact) mass is 151 g/mol. The van der Waals surface area contributed by atoms with Gasteiger partial charge in [-0.25, -0.2) is 9.68 Å². The van der Waals surface area contributed by atoms with Crippen molar-refractivity contribution < 1.29 is 19.9 Å². The van der Waals surface area contributed by atoms with Gasteiger partial charge < -0.3 is 10.2 Å². The Balaban J connectivity index is 3.30. The quantitative estimate of drug-likeness (QED) is 0.394. The summed E-state index contributed by atoms with van der Waals surface area (Å²) in [6, 6.07) is 0. The SMILES string of the molecule is CCCN(OCO)OCO. The van der Waals surface area contributed by atoms with Crippen LogP contribution in [0.2, 0.25) is 0 Å². The molecule has 0 aliphatic heterocycles. The Kier molecular flexibility index (Phi) is 6.78. The molecular formula is C5H13NO4. The van der Waals surface area contributed by atoms with Crippen LogP contribution < -0.4 is 0 Å². The standard InChI is InChI=1S/C5H13NO4/c1-2-3-6(9-4-7)10-5-8/h7-8H,2-5H2,1H3. The lowest BCUT2D eigenvalue weighted by Gasteiger charge is -2.16. The second kappa shape index (κ2) is 6.91. The predicted molar refractivity (Wildman–Crippen MR) is 33.3 cm³/mol. The van der Waals surface area contributed by atoms with E-state index in [9.17, 15) is 0 Å². The van der Waals surface area contributed by atoms with E-state index in [-0.39, 0.29) is 0 Å². The van der Waals surface area contributed by atoms with Crippen LogP contribution in [0.5, 0.6) is 0 Å². The highest BCUT2D eigenvalue weighted by atomic mass is 17.0. The summed E-state index contributed by atoms with van der Waals surface area (Å²) in [5.74, 6) is 0. The van der Waals surface area contributed by atoms with Crippen molar-refractivity contribution in [2.45, 2.75) is 13.3 Å². The van der Waals surface area contributed by atoms with E-state index in [2.05, 4.69) is 9.68 Å². The molecule has 0 fully saturated rings. The Morgan fingerprint density at radius 1 is 1.20 bits per heavy atom. The zero-order valence-corrected chi connectivity index (χ0v) is 5.99. The van der Waals surface area contributed by atoms with Crippen LogP contribution >= 0.6 is 0 Å². The van der Waals surface area contributed by atoms with E-state index in [0.717, 1.165) is 11.6 Å². The van der Waals surface area contributed by atoms with Gasteiger partial charge in [-0.3, -0.25) is 0 Å². The third kappa shape index (κ3) is 4.66. The van der Waals surface area contributed by atoms with Gasteiger partial charge in [0.1, 0.15) is 0 Å². The topological polar surface area (TPSA) is 62.2 Å². The molecule has 0 bridgehead atoms. The van der Waals surface area contributed by atoms with Crippen molar-refractivity contribution in [2.75, 3.05) is 20.1 Å². The first-order chi connectivity index (χ1) is 4.85. The zero-order valence-electron chi connectivity index (χ0n) is 5.99. The molecule has 0 radical (unpaired) electrons. The van der Waals surface area contributed by atoms with Crippen molar-refractivity contribution in [2.24, 2.45) is 0 Å². The lowest BCUT2D eigenvalue weighted by molar-refractivity contribution is -0.403. The Labute approximate surface area is 59.7 Å². The normalized spacial score (nSPS) is 10.8. The van der Waals surface area contributed by atoms with Crippen molar-refractivity contribution in [3.8, 4) is 0 Å². The van der Waals surface area contributed by atoms with Crippen LogP contribution in [-0.2, 0) is 9.68 Å². The maximum absolute atomic E-state index is 8.26. The molecule has 0 aromatic heterocycles. The minimum atomic E-state index is -0.444. The molecule has 0 aromatic rings. The molecule has 0 aliphatic rings. The van der Waals surface area contributed by atoms with E-state index in [4.69, 9.17) is 10.2 Å². The first-order valence-corrected chi connectivity index (χ1v) is 3.10. The van der Waals surface area contributed by atoms with Crippen LogP contribution in [0.3, 0.4) is 0 Å². The smallest absolute Gasteiger partial charge is 0.166 e. The van der Waals surface area contributed by atoms with Gasteiger partial charge in [0.05, 0.1) is 6.54 Å². The second-order valence-electron chi connectivity index (χ2n) is 1.57. The number of aliphatic hydroxyl groups excluding tert-OH is 2. The number of rotatable bonds is 6. The lowest BCUT2D eigenvalue weighted by Crippen LogP contribution is -2.26. The zero-order chi connectivity index (χ0) is 7.82. The lowest BCUT2D eigenvalue weighted by atomic mass is 10.5. The molecule has 0 aliphatic carbocycles. The molecule has 2 N–H and O–H groups in total. The van der Waals surface area contributed by atoms with E-state index in [1.54, 1.807) is 0 Å². The van der Waals surface area contributed by atoms with E-state index in [1.807, 2.05) is 6.92 Å². The Bertz CT molecular complexity index is 56.4. The van der Waals surface area contributed by atoms with Crippen LogP contribution in [0.1, 0.15) is 13.3 Å². The molecular weight excluding hydrogens is 138 g/mol. The van der Waals surface area contributed by atoms with Crippen molar-refractivity contribution in [1.29, 1.82) is 0 Å². The van der Waals surface area contributed by atoms with Crippen LogP contribution in [-0.4, -0.2) is 35.6 Å². The molecule has 0 spiro atoms. The molecule has 0 amide bonds. The minimum Gasteiger partial charge on any atom is -0.369 e. The Morgan fingerprint density at radius 3 is 2.00 bits per heavy atom. The van der Waals surface area contributed by atoms with Gasteiger partial charge in [-0.1, -0.05) is 12.2 Å². The van der Waals surface area contributed by atoms with Gasteiger partial charge in [0.25, 0.3) is 0 Å². The Morgan fingerprint density at radius 2 is 1.70 bits per heavy atom. The van der Waals surface area contributed by atoms with Gasteiger partial charge in [0.2, 0.25) is 0 Å². The van der Waals surface area contributed by atoms with Gasteiger partial charge in [-0.15, -0.1) is 0 Å². The summed E-state index contributed by atoms with van der Waals surface area (Å²) in [6.07, 6.45) is 0.819. The highest BCUT2D eigenvalue weighted by Crippen LogP contribution is 1.92. The minimum absolute atomic E-state index is 0.444. The fourth-order valence-corrected chi connectivity index (χ4v) is 0.478. The average molecular weight is 151 g/mol. The Hall–Kier alpha value is -0.200.